The van der Waals surface area contributed by atoms with Gasteiger partial charge >= 0.3 is 0 Å². The second kappa shape index (κ2) is 5.55. The average molecular weight is 192 g/mol. The van der Waals surface area contributed by atoms with Crippen LogP contribution in [0.5, 0.6) is 0 Å². The third kappa shape index (κ3) is 3.30. The number of carbonyl (C=O) groups excluding carboxylic acids is 1. The lowest BCUT2D eigenvalue weighted by Gasteiger charge is -2.10. The molecule has 1 rings (SSSR count). The maximum atomic E-state index is 10.4. The summed E-state index contributed by atoms with van der Waals surface area (Å²) in [6, 6.07) is 7.46. The van der Waals surface area contributed by atoms with E-state index in [2.05, 4.69) is 13.8 Å². The molecule has 0 saturated carbocycles. The Morgan fingerprint density at radius 1 is 1.36 bits per heavy atom. The fourth-order valence-electron chi connectivity index (χ4n) is 1.05. The van der Waals surface area contributed by atoms with E-state index in [0.29, 0.717) is 18.3 Å². The van der Waals surface area contributed by atoms with E-state index in [9.17, 15) is 4.79 Å². The molecule has 0 heterocycles. The third-order valence-corrected chi connectivity index (χ3v) is 2.23. The van der Waals surface area contributed by atoms with Crippen LogP contribution in [0, 0.1) is 0 Å². The molecule has 0 spiro atoms. The topological polar surface area (TPSA) is 26.3 Å². The molecule has 0 bridgehead atoms. The van der Waals surface area contributed by atoms with Crippen molar-refractivity contribution in [3.63, 3.8) is 0 Å². The van der Waals surface area contributed by atoms with Gasteiger partial charge in [0.2, 0.25) is 0 Å². The minimum atomic E-state index is 0.292. The van der Waals surface area contributed by atoms with Crippen molar-refractivity contribution < 1.29 is 9.53 Å². The van der Waals surface area contributed by atoms with Crippen molar-refractivity contribution >= 4 is 6.29 Å². The Morgan fingerprint density at radius 2 is 2.00 bits per heavy atom. The second-order valence-electron chi connectivity index (χ2n) is 3.39. The van der Waals surface area contributed by atoms with E-state index < -0.39 is 0 Å². The molecule has 0 aliphatic heterocycles. The Kier molecular flexibility index (Phi) is 4.33. The summed E-state index contributed by atoms with van der Waals surface area (Å²) in [6.45, 7) is 4.77. The Hall–Kier alpha value is -1.15. The predicted octanol–water partition coefficient (Wildman–Crippen LogP) is 2.81. The van der Waals surface area contributed by atoms with Crippen LogP contribution in [0.15, 0.2) is 24.3 Å². The van der Waals surface area contributed by atoms with Crippen LogP contribution in [-0.4, -0.2) is 12.4 Å². The van der Waals surface area contributed by atoms with Gasteiger partial charge < -0.3 is 4.74 Å². The van der Waals surface area contributed by atoms with E-state index in [4.69, 9.17) is 4.74 Å². The summed E-state index contributed by atoms with van der Waals surface area (Å²) in [5.74, 6) is 0. The zero-order valence-electron chi connectivity index (χ0n) is 8.69. The van der Waals surface area contributed by atoms with E-state index in [0.717, 1.165) is 18.3 Å². The Labute approximate surface area is 84.9 Å². The zero-order chi connectivity index (χ0) is 10.4. The van der Waals surface area contributed by atoms with E-state index in [-0.39, 0.29) is 0 Å². The van der Waals surface area contributed by atoms with Crippen LogP contribution in [0.2, 0.25) is 0 Å². The fraction of sp³-hybridized carbons (Fsp3) is 0.417. The minimum Gasteiger partial charge on any atom is -0.374 e. The van der Waals surface area contributed by atoms with Crippen LogP contribution in [-0.2, 0) is 11.3 Å². The van der Waals surface area contributed by atoms with Crippen LogP contribution >= 0.6 is 0 Å². The average Bonchev–Trinajstić information content (AvgIpc) is 2.26. The molecule has 1 aromatic carbocycles. The van der Waals surface area contributed by atoms with Crippen LogP contribution in [0.4, 0.5) is 0 Å². The largest absolute Gasteiger partial charge is 0.374 e. The van der Waals surface area contributed by atoms with Crippen molar-refractivity contribution in [2.45, 2.75) is 33.0 Å². The highest BCUT2D eigenvalue weighted by molar-refractivity contribution is 5.74. The van der Waals surface area contributed by atoms with E-state index in [1.54, 1.807) is 0 Å². The standard InChI is InChI=1S/C12H16O2/c1-3-10(2)14-9-12-6-4-11(8-13)5-7-12/h4-8,10H,3,9H2,1-2H3/t10-/m0/s1. The zero-order valence-corrected chi connectivity index (χ0v) is 8.69. The molecule has 2 nitrogen and oxygen atoms in total. The molecule has 14 heavy (non-hydrogen) atoms. The van der Waals surface area contributed by atoms with Gasteiger partial charge in [-0.3, -0.25) is 4.79 Å². The lowest BCUT2D eigenvalue weighted by Crippen LogP contribution is -2.05. The van der Waals surface area contributed by atoms with Crippen molar-refractivity contribution in [1.29, 1.82) is 0 Å². The van der Waals surface area contributed by atoms with Crippen molar-refractivity contribution in [1.82, 2.24) is 0 Å². The molecule has 1 atom stereocenters. The maximum absolute atomic E-state index is 10.4. The monoisotopic (exact) mass is 192 g/mol. The maximum Gasteiger partial charge on any atom is 0.150 e. The van der Waals surface area contributed by atoms with Gasteiger partial charge in [0.1, 0.15) is 6.29 Å². The van der Waals surface area contributed by atoms with Crippen LogP contribution < -0.4 is 0 Å². The van der Waals surface area contributed by atoms with Crippen molar-refractivity contribution in [2.75, 3.05) is 0 Å². The SMILES string of the molecule is CC[C@H](C)OCc1ccc(C=O)cc1. The molecule has 2 heteroatoms. The number of aldehydes is 1. The molecule has 0 amide bonds. The number of carbonyl (C=O) groups is 1. The van der Waals surface area contributed by atoms with E-state index in [1.165, 1.54) is 0 Å². The van der Waals surface area contributed by atoms with Crippen molar-refractivity contribution in [2.24, 2.45) is 0 Å². The summed E-state index contributed by atoms with van der Waals surface area (Å²) in [7, 11) is 0. The highest BCUT2D eigenvalue weighted by Gasteiger charge is 1.99. The van der Waals surface area contributed by atoms with Gasteiger partial charge in [-0.1, -0.05) is 31.2 Å². The molecular weight excluding hydrogens is 176 g/mol. The van der Waals surface area contributed by atoms with Gasteiger partial charge in [0.25, 0.3) is 0 Å². The molecule has 0 radical (unpaired) electrons. The van der Waals surface area contributed by atoms with Gasteiger partial charge in [-0.15, -0.1) is 0 Å². The summed E-state index contributed by atoms with van der Waals surface area (Å²) in [5, 5.41) is 0. The molecular formula is C12H16O2. The van der Waals surface area contributed by atoms with Crippen LogP contribution in [0.25, 0.3) is 0 Å². The van der Waals surface area contributed by atoms with Gasteiger partial charge in [0, 0.05) is 5.56 Å². The first-order chi connectivity index (χ1) is 6.76. The molecule has 0 aliphatic carbocycles. The van der Waals surface area contributed by atoms with Crippen LogP contribution in [0.1, 0.15) is 36.2 Å². The molecule has 0 saturated heterocycles. The number of rotatable bonds is 5. The lowest BCUT2D eigenvalue weighted by atomic mass is 10.1. The molecule has 1 aromatic rings. The second-order valence-corrected chi connectivity index (χ2v) is 3.39. The quantitative estimate of drug-likeness (QED) is 0.670. The van der Waals surface area contributed by atoms with Gasteiger partial charge in [-0.05, 0) is 18.9 Å². The summed E-state index contributed by atoms with van der Waals surface area (Å²) in [4.78, 5) is 10.4. The van der Waals surface area contributed by atoms with Crippen molar-refractivity contribution in [3.05, 3.63) is 35.4 Å². The first-order valence-corrected chi connectivity index (χ1v) is 4.92. The highest BCUT2D eigenvalue weighted by atomic mass is 16.5. The molecule has 0 unspecified atom stereocenters. The number of benzene rings is 1. The summed E-state index contributed by atoms with van der Waals surface area (Å²) in [6.07, 6.45) is 2.16. The molecule has 0 aromatic heterocycles. The molecule has 0 aliphatic rings. The van der Waals surface area contributed by atoms with Gasteiger partial charge in [0.15, 0.2) is 0 Å². The Morgan fingerprint density at radius 3 is 2.50 bits per heavy atom. The third-order valence-electron chi connectivity index (χ3n) is 2.23. The number of hydrogen-bond donors (Lipinski definition) is 0. The molecule has 0 fully saturated rings. The summed E-state index contributed by atoms with van der Waals surface area (Å²) >= 11 is 0. The van der Waals surface area contributed by atoms with E-state index in [1.807, 2.05) is 24.3 Å². The summed E-state index contributed by atoms with van der Waals surface area (Å²) < 4.78 is 5.56. The Balaban J connectivity index is 2.47. The minimum absolute atomic E-state index is 0.292. The van der Waals surface area contributed by atoms with Crippen molar-refractivity contribution in [3.8, 4) is 0 Å². The van der Waals surface area contributed by atoms with Gasteiger partial charge in [-0.2, -0.15) is 0 Å². The fourth-order valence-corrected chi connectivity index (χ4v) is 1.05. The predicted molar refractivity (Wildman–Crippen MR) is 56.4 cm³/mol. The summed E-state index contributed by atoms with van der Waals surface area (Å²) in [5.41, 5.74) is 1.81. The normalized spacial score (nSPS) is 12.4. The Bertz CT molecular complexity index is 277. The first-order valence-electron chi connectivity index (χ1n) is 4.92. The lowest BCUT2D eigenvalue weighted by molar-refractivity contribution is 0.0508. The molecule has 0 N–H and O–H groups in total. The van der Waals surface area contributed by atoms with E-state index >= 15 is 0 Å². The molecule has 76 valence electrons. The van der Waals surface area contributed by atoms with Gasteiger partial charge in [0.05, 0.1) is 12.7 Å². The van der Waals surface area contributed by atoms with Crippen LogP contribution in [0.3, 0.4) is 0 Å². The highest BCUT2D eigenvalue weighted by Crippen LogP contribution is 2.06. The van der Waals surface area contributed by atoms with Gasteiger partial charge in [-0.25, -0.2) is 0 Å². The first kappa shape index (κ1) is 10.9. The smallest absolute Gasteiger partial charge is 0.150 e. The number of hydrogen-bond acceptors (Lipinski definition) is 2. The number of ether oxygens (including phenoxy) is 1.